The molecule has 1 fully saturated rings. The van der Waals surface area contributed by atoms with Crippen LogP contribution in [0.15, 0.2) is 35.4 Å². The Kier molecular flexibility index (Phi) is 2.30. The maximum absolute atomic E-state index is 4.32. The summed E-state index contributed by atoms with van der Waals surface area (Å²) in [5, 5.41) is 4.32. The number of benzene rings is 1. The first-order valence-electron chi connectivity index (χ1n) is 4.71. The van der Waals surface area contributed by atoms with Crippen molar-refractivity contribution in [1.82, 2.24) is 0 Å². The first-order valence-corrected chi connectivity index (χ1v) is 4.71. The van der Waals surface area contributed by atoms with Crippen molar-refractivity contribution < 1.29 is 0 Å². The Hall–Kier alpha value is -1.31. The Labute approximate surface area is 78.7 Å². The molecule has 1 aliphatic carbocycles. The van der Waals surface area contributed by atoms with Gasteiger partial charge in [-0.2, -0.15) is 5.10 Å². The molecule has 13 heavy (non-hydrogen) atoms. The Morgan fingerprint density at radius 1 is 1.31 bits per heavy atom. The second kappa shape index (κ2) is 3.60. The minimum Gasteiger partial charge on any atom is -0.279 e. The Morgan fingerprint density at radius 3 is 2.62 bits per heavy atom. The third-order valence-electron chi connectivity index (χ3n) is 2.30. The molecule has 2 nitrogen and oxygen atoms in total. The van der Waals surface area contributed by atoms with Crippen molar-refractivity contribution in [2.75, 3.05) is 5.43 Å². The van der Waals surface area contributed by atoms with Gasteiger partial charge in [0.2, 0.25) is 0 Å². The summed E-state index contributed by atoms with van der Waals surface area (Å²) in [7, 11) is 0. The molecule has 0 radical (unpaired) electrons. The number of rotatable bonds is 3. The highest BCUT2D eigenvalue weighted by molar-refractivity contribution is 5.86. The van der Waals surface area contributed by atoms with Crippen LogP contribution in [0.1, 0.15) is 19.8 Å². The number of anilines is 1. The fourth-order valence-electron chi connectivity index (χ4n) is 1.26. The average molecular weight is 174 g/mol. The lowest BCUT2D eigenvalue weighted by Crippen LogP contribution is -1.98. The van der Waals surface area contributed by atoms with E-state index in [-0.39, 0.29) is 0 Å². The molecule has 68 valence electrons. The highest BCUT2D eigenvalue weighted by Crippen LogP contribution is 2.30. The lowest BCUT2D eigenvalue weighted by molar-refractivity contribution is 1.14. The molecule has 0 heterocycles. The zero-order chi connectivity index (χ0) is 9.10. The molecule has 1 aromatic carbocycles. The largest absolute Gasteiger partial charge is 0.279 e. The third kappa shape index (κ3) is 2.31. The van der Waals surface area contributed by atoms with Gasteiger partial charge in [0.25, 0.3) is 0 Å². The summed E-state index contributed by atoms with van der Waals surface area (Å²) in [5.41, 5.74) is 5.34. The molecule has 1 aliphatic rings. The van der Waals surface area contributed by atoms with Gasteiger partial charge in [0.15, 0.2) is 0 Å². The smallest absolute Gasteiger partial charge is 0.0561 e. The Balaban J connectivity index is 1.95. The summed E-state index contributed by atoms with van der Waals surface area (Å²) in [5.74, 6) is 0.746. The molecule has 0 bridgehead atoms. The topological polar surface area (TPSA) is 24.4 Å². The van der Waals surface area contributed by atoms with Gasteiger partial charge < -0.3 is 0 Å². The van der Waals surface area contributed by atoms with Crippen molar-refractivity contribution in [3.8, 4) is 0 Å². The second-order valence-corrected chi connectivity index (χ2v) is 3.51. The van der Waals surface area contributed by atoms with Crippen LogP contribution in [0.3, 0.4) is 0 Å². The molecule has 1 aromatic rings. The molecule has 2 heteroatoms. The summed E-state index contributed by atoms with van der Waals surface area (Å²) in [4.78, 5) is 0. The molecular formula is C11H14N2. The van der Waals surface area contributed by atoms with Gasteiger partial charge in [-0.25, -0.2) is 0 Å². The maximum Gasteiger partial charge on any atom is 0.0561 e. The van der Waals surface area contributed by atoms with Crippen LogP contribution in [0.5, 0.6) is 0 Å². The van der Waals surface area contributed by atoms with E-state index in [4.69, 9.17) is 0 Å². The van der Waals surface area contributed by atoms with Crippen LogP contribution in [0, 0.1) is 5.92 Å². The zero-order valence-electron chi connectivity index (χ0n) is 7.83. The first-order chi connectivity index (χ1) is 6.36. The van der Waals surface area contributed by atoms with Crippen LogP contribution in [-0.4, -0.2) is 5.71 Å². The van der Waals surface area contributed by atoms with Crippen LogP contribution in [0.2, 0.25) is 0 Å². The molecule has 1 N–H and O–H groups in total. The SMILES string of the molecule is C/C(=N/Nc1ccccc1)C1CC1. The van der Waals surface area contributed by atoms with Crippen molar-refractivity contribution in [2.45, 2.75) is 19.8 Å². The number of para-hydroxylation sites is 1. The van der Waals surface area contributed by atoms with Crippen LogP contribution >= 0.6 is 0 Å². The van der Waals surface area contributed by atoms with Crippen LogP contribution < -0.4 is 5.43 Å². The number of nitrogens with zero attached hydrogens (tertiary/aromatic N) is 1. The molecule has 0 saturated heterocycles. The van der Waals surface area contributed by atoms with E-state index >= 15 is 0 Å². The molecule has 0 spiro atoms. The predicted molar refractivity (Wildman–Crippen MR) is 55.9 cm³/mol. The van der Waals surface area contributed by atoms with E-state index in [1.54, 1.807) is 0 Å². The number of hydrogen-bond acceptors (Lipinski definition) is 2. The molecule has 0 amide bonds. The first kappa shape index (κ1) is 8.30. The van der Waals surface area contributed by atoms with Crippen molar-refractivity contribution in [2.24, 2.45) is 11.0 Å². The van der Waals surface area contributed by atoms with Gasteiger partial charge in [0.1, 0.15) is 0 Å². The molecule has 0 unspecified atom stereocenters. The van der Waals surface area contributed by atoms with Gasteiger partial charge >= 0.3 is 0 Å². The van der Waals surface area contributed by atoms with E-state index < -0.39 is 0 Å². The van der Waals surface area contributed by atoms with E-state index in [2.05, 4.69) is 17.5 Å². The molecule has 0 atom stereocenters. The highest BCUT2D eigenvalue weighted by Gasteiger charge is 2.24. The monoisotopic (exact) mass is 174 g/mol. The third-order valence-corrected chi connectivity index (χ3v) is 2.30. The average Bonchev–Trinajstić information content (AvgIpc) is 2.99. The van der Waals surface area contributed by atoms with Gasteiger partial charge in [0, 0.05) is 5.71 Å². The molecule has 2 rings (SSSR count). The Morgan fingerprint density at radius 2 is 2.00 bits per heavy atom. The van der Waals surface area contributed by atoms with Crippen LogP contribution in [0.4, 0.5) is 5.69 Å². The van der Waals surface area contributed by atoms with Crippen molar-refractivity contribution in [1.29, 1.82) is 0 Å². The van der Waals surface area contributed by atoms with Crippen LogP contribution in [-0.2, 0) is 0 Å². The fourth-order valence-corrected chi connectivity index (χ4v) is 1.26. The standard InChI is InChI=1S/C11H14N2/c1-9(10-7-8-10)12-13-11-5-3-2-4-6-11/h2-6,10,13H,7-8H2,1H3/b12-9-. The zero-order valence-corrected chi connectivity index (χ0v) is 7.83. The maximum atomic E-state index is 4.32. The van der Waals surface area contributed by atoms with Crippen molar-refractivity contribution in [3.63, 3.8) is 0 Å². The summed E-state index contributed by atoms with van der Waals surface area (Å²) in [6.07, 6.45) is 2.62. The van der Waals surface area contributed by atoms with Gasteiger partial charge in [-0.15, -0.1) is 0 Å². The normalized spacial score (nSPS) is 17.2. The summed E-state index contributed by atoms with van der Waals surface area (Å²) >= 11 is 0. The van der Waals surface area contributed by atoms with Crippen molar-refractivity contribution in [3.05, 3.63) is 30.3 Å². The van der Waals surface area contributed by atoms with E-state index in [1.165, 1.54) is 18.6 Å². The van der Waals surface area contributed by atoms with Crippen LogP contribution in [0.25, 0.3) is 0 Å². The second-order valence-electron chi connectivity index (χ2n) is 3.51. The number of hydrazone groups is 1. The summed E-state index contributed by atoms with van der Waals surface area (Å²) in [6, 6.07) is 10.0. The van der Waals surface area contributed by atoms with Gasteiger partial charge in [0.05, 0.1) is 5.69 Å². The lowest BCUT2D eigenvalue weighted by Gasteiger charge is -2.00. The minimum atomic E-state index is 0.746. The number of nitrogens with one attached hydrogen (secondary N) is 1. The van der Waals surface area contributed by atoms with Gasteiger partial charge in [-0.05, 0) is 37.8 Å². The Bertz CT molecular complexity index is 299. The summed E-state index contributed by atoms with van der Waals surface area (Å²) < 4.78 is 0. The molecule has 1 saturated carbocycles. The van der Waals surface area contributed by atoms with Gasteiger partial charge in [-0.3, -0.25) is 5.43 Å². The van der Waals surface area contributed by atoms with Crippen molar-refractivity contribution >= 4 is 11.4 Å². The molecule has 0 aromatic heterocycles. The highest BCUT2D eigenvalue weighted by atomic mass is 15.3. The quantitative estimate of drug-likeness (QED) is 0.553. The molecular weight excluding hydrogens is 160 g/mol. The van der Waals surface area contributed by atoms with E-state index in [0.717, 1.165) is 11.6 Å². The van der Waals surface area contributed by atoms with E-state index in [1.807, 2.05) is 30.3 Å². The predicted octanol–water partition coefficient (Wildman–Crippen LogP) is 2.88. The van der Waals surface area contributed by atoms with Gasteiger partial charge in [-0.1, -0.05) is 18.2 Å². The van der Waals surface area contributed by atoms with E-state index in [9.17, 15) is 0 Å². The number of hydrogen-bond donors (Lipinski definition) is 1. The lowest BCUT2D eigenvalue weighted by atomic mass is 10.3. The molecule has 0 aliphatic heterocycles. The summed E-state index contributed by atoms with van der Waals surface area (Å²) in [6.45, 7) is 2.09. The fraction of sp³-hybridized carbons (Fsp3) is 0.364. The van der Waals surface area contributed by atoms with E-state index in [0.29, 0.717) is 0 Å². The minimum absolute atomic E-state index is 0.746.